The fraction of sp³-hybridized carbons (Fsp3) is 0.391. The van der Waals surface area contributed by atoms with E-state index in [-0.39, 0.29) is 17.6 Å². The molecule has 0 unspecified atom stereocenters. The molecule has 0 aliphatic heterocycles. The molecule has 29 heavy (non-hydrogen) atoms. The quantitative estimate of drug-likeness (QED) is 0.433. The second-order valence-corrected chi connectivity index (χ2v) is 7.71. The number of allylic oxidation sites excluding steroid dienone is 1. The molecule has 1 N–H and O–H groups in total. The van der Waals surface area contributed by atoms with Crippen molar-refractivity contribution in [2.75, 3.05) is 13.6 Å². The third-order valence-corrected chi connectivity index (χ3v) is 6.01. The minimum Gasteiger partial charge on any atom is -0.364 e. The molecule has 2 aliphatic carbocycles. The molecule has 0 bridgehead atoms. The number of nitrogens with zero attached hydrogens (tertiary/aromatic N) is 2. The fourth-order valence-electron chi connectivity index (χ4n) is 4.43. The topological polar surface area (TPSA) is 37.3 Å². The predicted molar refractivity (Wildman–Crippen MR) is 108 cm³/mol. The Labute approximate surface area is 168 Å². The van der Waals surface area contributed by atoms with Crippen molar-refractivity contribution in [1.82, 2.24) is 10.3 Å². The molecule has 3 nitrogen and oxygen atoms in total. The maximum atomic E-state index is 15.0. The number of aromatic nitrogens is 1. The Bertz CT molecular complexity index is 966. The molecule has 1 aromatic carbocycles. The maximum Gasteiger partial charge on any atom is 0.255 e. The van der Waals surface area contributed by atoms with Crippen LogP contribution in [0.1, 0.15) is 53.1 Å². The first-order valence-electron chi connectivity index (χ1n) is 9.91. The lowest BCUT2D eigenvalue weighted by Gasteiger charge is -2.31. The highest BCUT2D eigenvalue weighted by molar-refractivity contribution is 6.01. The Kier molecular flexibility index (Phi) is 5.19. The number of hydrogen-bond donors (Lipinski definition) is 1. The van der Waals surface area contributed by atoms with Crippen LogP contribution < -0.4 is 5.32 Å². The summed E-state index contributed by atoms with van der Waals surface area (Å²) in [7, 11) is 1.52. The highest BCUT2D eigenvalue weighted by atomic mass is 19.3. The smallest absolute Gasteiger partial charge is 0.255 e. The van der Waals surface area contributed by atoms with Crippen molar-refractivity contribution in [3.05, 3.63) is 76.9 Å². The normalized spacial score (nSPS) is 21.3. The van der Waals surface area contributed by atoms with Crippen LogP contribution in [0.25, 0.3) is 0 Å². The second-order valence-electron chi connectivity index (χ2n) is 7.71. The molecule has 2 aliphatic rings. The van der Waals surface area contributed by atoms with Gasteiger partial charge in [-0.3, -0.25) is 9.98 Å². The number of aliphatic imine (C=N–C) groups is 1. The summed E-state index contributed by atoms with van der Waals surface area (Å²) in [5, 5.41) is 2.69. The highest BCUT2D eigenvalue weighted by Crippen LogP contribution is 2.49. The molecule has 1 atom stereocenters. The minimum atomic E-state index is -2.53. The SMILES string of the molecule is C=C[C@@]1(c2cc(C3CC3)c(F)cc2C(=NC)NCC(F)F)CCc2ncccc21. The van der Waals surface area contributed by atoms with Crippen molar-refractivity contribution in [3.63, 3.8) is 0 Å². The van der Waals surface area contributed by atoms with E-state index >= 15 is 0 Å². The number of pyridine rings is 1. The van der Waals surface area contributed by atoms with Gasteiger partial charge in [0.05, 0.1) is 6.54 Å². The van der Waals surface area contributed by atoms with Gasteiger partial charge in [0, 0.05) is 29.9 Å². The summed E-state index contributed by atoms with van der Waals surface area (Å²) in [5.41, 5.74) is 3.52. The average molecular weight is 399 g/mol. The van der Waals surface area contributed by atoms with E-state index in [9.17, 15) is 13.2 Å². The average Bonchev–Trinajstić information content (AvgIpc) is 3.49. The Hall–Kier alpha value is -2.63. The number of alkyl halides is 2. The van der Waals surface area contributed by atoms with Crippen molar-refractivity contribution < 1.29 is 13.2 Å². The van der Waals surface area contributed by atoms with Crippen LogP contribution in [0.3, 0.4) is 0 Å². The predicted octanol–water partition coefficient (Wildman–Crippen LogP) is 4.75. The number of nitrogens with one attached hydrogen (secondary N) is 1. The van der Waals surface area contributed by atoms with Gasteiger partial charge in [-0.2, -0.15) is 0 Å². The van der Waals surface area contributed by atoms with Crippen LogP contribution in [-0.4, -0.2) is 30.8 Å². The van der Waals surface area contributed by atoms with E-state index in [4.69, 9.17) is 0 Å². The van der Waals surface area contributed by atoms with E-state index in [1.54, 1.807) is 6.20 Å². The molecular weight excluding hydrogens is 375 g/mol. The first-order chi connectivity index (χ1) is 14.0. The van der Waals surface area contributed by atoms with Crippen molar-refractivity contribution >= 4 is 5.84 Å². The zero-order chi connectivity index (χ0) is 20.6. The van der Waals surface area contributed by atoms with E-state index in [0.717, 1.165) is 42.5 Å². The van der Waals surface area contributed by atoms with Crippen LogP contribution in [0.4, 0.5) is 13.2 Å². The summed E-state index contributed by atoms with van der Waals surface area (Å²) in [5.74, 6) is 0.172. The van der Waals surface area contributed by atoms with Crippen molar-refractivity contribution in [2.45, 2.75) is 43.4 Å². The lowest BCUT2D eigenvalue weighted by Crippen LogP contribution is -2.33. The largest absolute Gasteiger partial charge is 0.364 e. The summed E-state index contributed by atoms with van der Waals surface area (Å²) in [6, 6.07) is 7.26. The molecule has 1 aromatic heterocycles. The zero-order valence-electron chi connectivity index (χ0n) is 16.4. The molecule has 0 radical (unpaired) electrons. The Balaban J connectivity index is 1.91. The van der Waals surface area contributed by atoms with Gasteiger partial charge in [-0.1, -0.05) is 18.2 Å². The number of amidine groups is 1. The number of hydrogen-bond acceptors (Lipinski definition) is 2. The third kappa shape index (κ3) is 3.45. The van der Waals surface area contributed by atoms with Crippen molar-refractivity contribution in [1.29, 1.82) is 0 Å². The Morgan fingerprint density at radius 2 is 2.17 bits per heavy atom. The minimum absolute atomic E-state index is 0.218. The highest BCUT2D eigenvalue weighted by Gasteiger charge is 2.42. The molecule has 0 amide bonds. The standard InChI is InChI=1S/C23H24F3N3/c1-3-23(9-8-20-17(23)5-4-10-28-20)18-11-15(14-6-7-14)19(24)12-16(18)22(27-2)29-13-21(25)26/h3-5,10-12,14,21H,1,6-9,13H2,2H3,(H,27,29)/t23-/m1/s1. The summed E-state index contributed by atoms with van der Waals surface area (Å²) in [6.45, 7) is 3.56. The van der Waals surface area contributed by atoms with Gasteiger partial charge in [0.2, 0.25) is 0 Å². The zero-order valence-corrected chi connectivity index (χ0v) is 16.4. The monoisotopic (exact) mass is 399 g/mol. The van der Waals surface area contributed by atoms with Gasteiger partial charge in [0.1, 0.15) is 11.7 Å². The molecule has 1 fully saturated rings. The van der Waals surface area contributed by atoms with Crippen LogP contribution in [0.5, 0.6) is 0 Å². The van der Waals surface area contributed by atoms with Gasteiger partial charge in [-0.15, -0.1) is 6.58 Å². The van der Waals surface area contributed by atoms with Crippen molar-refractivity contribution in [2.24, 2.45) is 4.99 Å². The van der Waals surface area contributed by atoms with Gasteiger partial charge < -0.3 is 5.32 Å². The van der Waals surface area contributed by atoms with Gasteiger partial charge in [-0.25, -0.2) is 13.2 Å². The molecule has 6 heteroatoms. The summed E-state index contributed by atoms with van der Waals surface area (Å²) in [6.07, 6.45) is 4.57. The van der Waals surface area contributed by atoms with E-state index in [1.807, 2.05) is 24.3 Å². The maximum absolute atomic E-state index is 15.0. The number of fused-ring (bicyclic) bond motifs is 1. The van der Waals surface area contributed by atoms with Crippen molar-refractivity contribution in [3.8, 4) is 0 Å². The molecule has 2 aromatic rings. The number of rotatable bonds is 6. The van der Waals surface area contributed by atoms with Gasteiger partial charge in [-0.05, 0) is 60.4 Å². The van der Waals surface area contributed by atoms with E-state index in [1.165, 1.54) is 13.1 Å². The number of benzene rings is 1. The van der Waals surface area contributed by atoms with Gasteiger partial charge in [0.15, 0.2) is 0 Å². The van der Waals surface area contributed by atoms with Crippen LogP contribution in [0, 0.1) is 5.82 Å². The Morgan fingerprint density at radius 3 is 2.83 bits per heavy atom. The molecular formula is C23H24F3N3. The molecule has 0 spiro atoms. The number of halogens is 3. The molecule has 0 saturated heterocycles. The van der Waals surface area contributed by atoms with E-state index in [0.29, 0.717) is 11.1 Å². The fourth-order valence-corrected chi connectivity index (χ4v) is 4.43. The molecule has 1 saturated carbocycles. The van der Waals surface area contributed by atoms with E-state index in [2.05, 4.69) is 21.9 Å². The first kappa shape index (κ1) is 19.7. The van der Waals surface area contributed by atoms with Crippen LogP contribution in [0.15, 0.2) is 48.1 Å². The van der Waals surface area contributed by atoms with E-state index < -0.39 is 18.4 Å². The van der Waals surface area contributed by atoms with Gasteiger partial charge in [0.25, 0.3) is 6.43 Å². The second kappa shape index (κ2) is 7.65. The summed E-state index contributed by atoms with van der Waals surface area (Å²) < 4.78 is 40.6. The Morgan fingerprint density at radius 1 is 1.38 bits per heavy atom. The third-order valence-electron chi connectivity index (χ3n) is 6.01. The van der Waals surface area contributed by atoms with Crippen LogP contribution >= 0.6 is 0 Å². The molecule has 152 valence electrons. The lowest BCUT2D eigenvalue weighted by molar-refractivity contribution is 0.152. The summed E-state index contributed by atoms with van der Waals surface area (Å²) in [4.78, 5) is 8.67. The lowest BCUT2D eigenvalue weighted by atomic mass is 9.73. The first-order valence-corrected chi connectivity index (χ1v) is 9.91. The molecule has 1 heterocycles. The van der Waals surface area contributed by atoms with Crippen LogP contribution in [-0.2, 0) is 11.8 Å². The summed E-state index contributed by atoms with van der Waals surface area (Å²) >= 11 is 0. The number of aryl methyl sites for hydroxylation is 1. The van der Waals surface area contributed by atoms with Crippen LogP contribution in [0.2, 0.25) is 0 Å². The molecule has 4 rings (SSSR count). The van der Waals surface area contributed by atoms with Gasteiger partial charge >= 0.3 is 0 Å².